The number of piperidine rings is 2. The van der Waals surface area contributed by atoms with E-state index in [1.54, 1.807) is 6.20 Å². The molecule has 5 aliphatic rings. The standard InChI is InChI=1S/C28H33N5O2/c1-4-25(34)32-17-21-7-8-22(32)16-31(21)20-9-10-23-24(12-20)33(27(35)19-13-28(2,3)14-19)15-18-6-5-11-29-26(18)30-23/h4-6,9-12,19,21-22H,1,7-8,13-17H2,2-3H3,(H,29,30). The van der Waals surface area contributed by atoms with Gasteiger partial charge in [0.2, 0.25) is 11.8 Å². The van der Waals surface area contributed by atoms with Crippen LogP contribution in [0.15, 0.2) is 49.2 Å². The Balaban J connectivity index is 1.34. The summed E-state index contributed by atoms with van der Waals surface area (Å²) in [6.07, 6.45) is 7.15. The maximum absolute atomic E-state index is 13.8. The third-order valence-corrected chi connectivity index (χ3v) is 8.28. The summed E-state index contributed by atoms with van der Waals surface area (Å²) < 4.78 is 0. The Labute approximate surface area is 206 Å². The monoisotopic (exact) mass is 471 g/mol. The molecule has 0 radical (unpaired) electrons. The lowest BCUT2D eigenvalue weighted by atomic mass is 9.64. The van der Waals surface area contributed by atoms with Crippen LogP contribution in [0.25, 0.3) is 0 Å². The number of pyridine rings is 1. The maximum Gasteiger partial charge on any atom is 0.246 e. The minimum atomic E-state index is 0.0240. The molecule has 1 saturated carbocycles. The highest BCUT2D eigenvalue weighted by molar-refractivity contribution is 6.00. The number of carbonyl (C=O) groups is 2. The number of carbonyl (C=O) groups excluding carboxylic acids is 2. The van der Waals surface area contributed by atoms with E-state index >= 15 is 0 Å². The van der Waals surface area contributed by atoms with Gasteiger partial charge >= 0.3 is 0 Å². The Morgan fingerprint density at radius 2 is 1.94 bits per heavy atom. The molecule has 1 aromatic carbocycles. The van der Waals surface area contributed by atoms with Gasteiger partial charge in [0.05, 0.1) is 17.9 Å². The fourth-order valence-corrected chi connectivity index (χ4v) is 6.49. The van der Waals surface area contributed by atoms with Gasteiger partial charge in [0.25, 0.3) is 0 Å². The molecule has 7 rings (SSSR count). The molecule has 2 aromatic rings. The average Bonchev–Trinajstić information content (AvgIpc) is 3.02. The summed E-state index contributed by atoms with van der Waals surface area (Å²) in [5.41, 5.74) is 4.18. The quantitative estimate of drug-likeness (QED) is 0.669. The summed E-state index contributed by atoms with van der Waals surface area (Å²) in [6, 6.07) is 10.8. The number of fused-ring (bicyclic) bond motifs is 5. The number of hydrogen-bond donors (Lipinski definition) is 1. The van der Waals surface area contributed by atoms with E-state index in [0.29, 0.717) is 6.54 Å². The third-order valence-electron chi connectivity index (χ3n) is 8.28. The number of hydrogen-bond acceptors (Lipinski definition) is 5. The minimum Gasteiger partial charge on any atom is -0.365 e. The molecule has 182 valence electrons. The van der Waals surface area contributed by atoms with Crippen LogP contribution in [-0.2, 0) is 16.1 Å². The molecule has 0 spiro atoms. The molecule has 4 aliphatic heterocycles. The molecule has 1 aliphatic carbocycles. The van der Waals surface area contributed by atoms with Gasteiger partial charge in [0.15, 0.2) is 0 Å². The van der Waals surface area contributed by atoms with E-state index in [2.05, 4.69) is 53.8 Å². The Bertz CT molecular complexity index is 1200. The number of amides is 2. The lowest BCUT2D eigenvalue weighted by molar-refractivity contribution is -0.131. The normalized spacial score (nSPS) is 24.6. The van der Waals surface area contributed by atoms with Gasteiger partial charge in [-0.05, 0) is 61.4 Å². The smallest absolute Gasteiger partial charge is 0.246 e. The Kier molecular flexibility index (Phi) is 5.13. The SMILES string of the molecule is C=CC(=O)N1CC2CCC1CN2c1ccc2c(c1)N(C(=O)C1CC(C)(C)C1)Cc1cccnc1N2. The Hall–Kier alpha value is -3.35. The zero-order valence-corrected chi connectivity index (χ0v) is 20.5. The van der Waals surface area contributed by atoms with Crippen molar-refractivity contribution in [3.05, 3.63) is 54.7 Å². The molecule has 2 atom stereocenters. The minimum absolute atomic E-state index is 0.0240. The molecular weight excluding hydrogens is 438 g/mol. The highest BCUT2D eigenvalue weighted by atomic mass is 16.2. The highest BCUT2D eigenvalue weighted by Crippen LogP contribution is 2.48. The molecule has 7 heteroatoms. The van der Waals surface area contributed by atoms with Crippen LogP contribution in [0, 0.1) is 11.3 Å². The average molecular weight is 472 g/mol. The maximum atomic E-state index is 13.8. The van der Waals surface area contributed by atoms with Crippen molar-refractivity contribution in [3.63, 3.8) is 0 Å². The van der Waals surface area contributed by atoms with Crippen LogP contribution in [0.1, 0.15) is 45.1 Å². The van der Waals surface area contributed by atoms with Gasteiger partial charge in [-0.25, -0.2) is 4.98 Å². The molecule has 2 bridgehead atoms. The zero-order chi connectivity index (χ0) is 24.3. The molecule has 35 heavy (non-hydrogen) atoms. The number of rotatable bonds is 3. The molecule has 3 saturated heterocycles. The van der Waals surface area contributed by atoms with Crippen molar-refractivity contribution in [2.45, 2.75) is 58.2 Å². The Morgan fingerprint density at radius 1 is 1.14 bits per heavy atom. The molecule has 2 unspecified atom stereocenters. The second-order valence-electron chi connectivity index (χ2n) is 11.3. The van der Waals surface area contributed by atoms with Crippen LogP contribution >= 0.6 is 0 Å². The van der Waals surface area contributed by atoms with Gasteiger partial charge in [-0.2, -0.15) is 0 Å². The fraction of sp³-hybridized carbons (Fsp3) is 0.464. The topological polar surface area (TPSA) is 68.8 Å². The summed E-state index contributed by atoms with van der Waals surface area (Å²) in [5, 5.41) is 3.49. The van der Waals surface area contributed by atoms with Crippen molar-refractivity contribution in [2.75, 3.05) is 28.2 Å². The van der Waals surface area contributed by atoms with Gasteiger partial charge in [0.1, 0.15) is 5.82 Å². The van der Waals surface area contributed by atoms with Crippen LogP contribution < -0.4 is 15.1 Å². The van der Waals surface area contributed by atoms with Crippen LogP contribution in [0.4, 0.5) is 22.9 Å². The molecule has 4 fully saturated rings. The molecule has 1 N–H and O–H groups in total. The van der Waals surface area contributed by atoms with Crippen LogP contribution in [0.5, 0.6) is 0 Å². The Morgan fingerprint density at radius 3 is 2.66 bits per heavy atom. The van der Waals surface area contributed by atoms with Gasteiger partial charge in [-0.1, -0.05) is 26.5 Å². The first kappa shape index (κ1) is 22.1. The van der Waals surface area contributed by atoms with E-state index in [1.807, 2.05) is 21.9 Å². The van der Waals surface area contributed by atoms with Crippen molar-refractivity contribution in [2.24, 2.45) is 11.3 Å². The predicted octanol–water partition coefficient (Wildman–Crippen LogP) is 4.47. The second kappa shape index (κ2) is 8.11. The predicted molar refractivity (Wildman–Crippen MR) is 138 cm³/mol. The molecule has 7 nitrogen and oxygen atoms in total. The molecule has 2 amide bonds. The van der Waals surface area contributed by atoms with Gasteiger partial charge in [-0.3, -0.25) is 9.59 Å². The van der Waals surface area contributed by atoms with E-state index in [-0.39, 0.29) is 35.2 Å². The van der Waals surface area contributed by atoms with Crippen molar-refractivity contribution < 1.29 is 9.59 Å². The van der Waals surface area contributed by atoms with Crippen LogP contribution in [-0.4, -0.2) is 46.9 Å². The van der Waals surface area contributed by atoms with Crippen LogP contribution in [0.3, 0.4) is 0 Å². The van der Waals surface area contributed by atoms with Crippen molar-refractivity contribution >= 4 is 34.7 Å². The van der Waals surface area contributed by atoms with Gasteiger partial charge < -0.3 is 20.0 Å². The number of nitrogens with one attached hydrogen (secondary N) is 1. The fourth-order valence-electron chi connectivity index (χ4n) is 6.49. The van der Waals surface area contributed by atoms with Crippen LogP contribution in [0.2, 0.25) is 0 Å². The number of benzene rings is 1. The number of nitrogens with zero attached hydrogens (tertiary/aromatic N) is 4. The van der Waals surface area contributed by atoms with Crippen molar-refractivity contribution in [3.8, 4) is 0 Å². The largest absolute Gasteiger partial charge is 0.365 e. The van der Waals surface area contributed by atoms with Crippen molar-refractivity contribution in [1.82, 2.24) is 9.88 Å². The number of aromatic nitrogens is 1. The van der Waals surface area contributed by atoms with E-state index in [0.717, 1.165) is 67.2 Å². The third kappa shape index (κ3) is 3.77. The van der Waals surface area contributed by atoms with E-state index < -0.39 is 0 Å². The van der Waals surface area contributed by atoms with Gasteiger partial charge in [-0.15, -0.1) is 0 Å². The number of anilines is 4. The highest BCUT2D eigenvalue weighted by Gasteiger charge is 2.44. The number of piperazine rings is 1. The van der Waals surface area contributed by atoms with E-state index in [9.17, 15) is 9.59 Å². The summed E-state index contributed by atoms with van der Waals surface area (Å²) in [5.74, 6) is 1.09. The molecule has 5 heterocycles. The summed E-state index contributed by atoms with van der Waals surface area (Å²) >= 11 is 0. The molecule has 1 aromatic heterocycles. The summed E-state index contributed by atoms with van der Waals surface area (Å²) in [7, 11) is 0. The first-order chi connectivity index (χ1) is 16.8. The van der Waals surface area contributed by atoms with E-state index in [4.69, 9.17) is 0 Å². The van der Waals surface area contributed by atoms with Gasteiger partial charge in [0, 0.05) is 48.5 Å². The lowest BCUT2D eigenvalue weighted by Crippen LogP contribution is -2.63. The summed E-state index contributed by atoms with van der Waals surface area (Å²) in [6.45, 7) is 10.2. The van der Waals surface area contributed by atoms with E-state index in [1.165, 1.54) is 6.08 Å². The second-order valence-corrected chi connectivity index (χ2v) is 11.3. The molecular formula is C28H33N5O2. The zero-order valence-electron chi connectivity index (χ0n) is 20.5. The lowest BCUT2D eigenvalue weighted by Gasteiger charge is -2.52. The first-order valence-electron chi connectivity index (χ1n) is 12.7. The first-order valence-corrected chi connectivity index (χ1v) is 12.7. The van der Waals surface area contributed by atoms with Crippen molar-refractivity contribution in [1.29, 1.82) is 0 Å². The summed E-state index contributed by atoms with van der Waals surface area (Å²) in [4.78, 5) is 37.0.